The Labute approximate surface area is 163 Å². The predicted octanol–water partition coefficient (Wildman–Crippen LogP) is 3.45. The van der Waals surface area contributed by atoms with E-state index in [9.17, 15) is 8.78 Å². The molecule has 0 spiro atoms. The van der Waals surface area contributed by atoms with Crippen molar-refractivity contribution < 1.29 is 8.78 Å². The summed E-state index contributed by atoms with van der Waals surface area (Å²) in [5.74, 6) is 0.0702. The molecule has 3 aromatic rings. The number of rotatable bonds is 7. The van der Waals surface area contributed by atoms with Gasteiger partial charge in [-0.05, 0) is 42.7 Å². The van der Waals surface area contributed by atoms with Crippen molar-refractivity contribution in [1.29, 1.82) is 0 Å². The number of aromatic nitrogens is 2. The lowest BCUT2D eigenvalue weighted by Gasteiger charge is -2.12. The number of hydrogen-bond acceptors (Lipinski definition) is 2. The van der Waals surface area contributed by atoms with Crippen LogP contribution in [0.25, 0.3) is 5.69 Å². The van der Waals surface area contributed by atoms with Crippen LogP contribution < -0.4 is 10.6 Å². The molecule has 0 radical (unpaired) electrons. The Hall–Kier alpha value is -3.22. The van der Waals surface area contributed by atoms with E-state index in [4.69, 9.17) is 0 Å². The first kappa shape index (κ1) is 19.5. The van der Waals surface area contributed by atoms with Crippen LogP contribution in [0.5, 0.6) is 0 Å². The van der Waals surface area contributed by atoms with Crippen molar-refractivity contribution in [2.24, 2.45) is 4.99 Å². The second-order valence-electron chi connectivity index (χ2n) is 6.22. The molecule has 0 amide bonds. The normalized spacial score (nSPS) is 11.5. The van der Waals surface area contributed by atoms with E-state index in [0.29, 0.717) is 43.3 Å². The van der Waals surface area contributed by atoms with E-state index in [1.807, 2.05) is 19.1 Å². The van der Waals surface area contributed by atoms with Crippen LogP contribution in [0.2, 0.25) is 0 Å². The van der Waals surface area contributed by atoms with Gasteiger partial charge in [0.1, 0.15) is 11.6 Å². The number of hydrogen-bond donors (Lipinski definition) is 2. The van der Waals surface area contributed by atoms with Crippen molar-refractivity contribution in [3.8, 4) is 5.69 Å². The van der Waals surface area contributed by atoms with E-state index in [0.717, 1.165) is 5.56 Å². The topological polar surface area (TPSA) is 54.2 Å². The van der Waals surface area contributed by atoms with Crippen LogP contribution in [0.3, 0.4) is 0 Å². The maximum absolute atomic E-state index is 14.4. The van der Waals surface area contributed by atoms with Crippen LogP contribution in [-0.2, 0) is 13.0 Å². The number of nitrogens with zero attached hydrogens (tertiary/aromatic N) is 3. The molecule has 146 valence electrons. The smallest absolute Gasteiger partial charge is 0.191 e. The third-order valence-electron chi connectivity index (χ3n) is 4.20. The molecular weight excluding hydrogens is 360 g/mol. The molecule has 0 saturated carbocycles. The van der Waals surface area contributed by atoms with Gasteiger partial charge >= 0.3 is 0 Å². The average Bonchev–Trinajstić information content (AvgIpc) is 3.22. The number of halogens is 2. The minimum absolute atomic E-state index is 0.209. The van der Waals surface area contributed by atoms with E-state index in [2.05, 4.69) is 20.6 Å². The number of aliphatic imine (C=N–C) groups is 1. The first-order valence-corrected chi connectivity index (χ1v) is 9.19. The Morgan fingerprint density at radius 2 is 1.96 bits per heavy atom. The molecule has 2 N–H and O–H groups in total. The van der Waals surface area contributed by atoms with Crippen molar-refractivity contribution in [1.82, 2.24) is 20.2 Å². The third kappa shape index (κ3) is 5.16. The lowest BCUT2D eigenvalue weighted by atomic mass is 10.1. The van der Waals surface area contributed by atoms with E-state index in [1.165, 1.54) is 12.1 Å². The highest BCUT2D eigenvalue weighted by atomic mass is 19.1. The largest absolute Gasteiger partial charge is 0.357 e. The second kappa shape index (κ2) is 9.64. The van der Waals surface area contributed by atoms with Crippen molar-refractivity contribution >= 4 is 5.96 Å². The van der Waals surface area contributed by atoms with Crippen LogP contribution in [-0.4, -0.2) is 28.6 Å². The zero-order valence-electron chi connectivity index (χ0n) is 15.7. The minimum atomic E-state index is -0.330. The molecule has 0 fully saturated rings. The highest BCUT2D eigenvalue weighted by Gasteiger charge is 2.06. The summed E-state index contributed by atoms with van der Waals surface area (Å²) >= 11 is 0. The lowest BCUT2D eigenvalue weighted by Crippen LogP contribution is -2.38. The molecule has 0 unspecified atom stereocenters. The first-order chi connectivity index (χ1) is 13.7. The Kier molecular flexibility index (Phi) is 6.73. The number of nitrogens with one attached hydrogen (secondary N) is 2. The summed E-state index contributed by atoms with van der Waals surface area (Å²) < 4.78 is 29.7. The van der Waals surface area contributed by atoms with Crippen molar-refractivity contribution in [2.75, 3.05) is 13.1 Å². The molecule has 0 aliphatic carbocycles. The fraction of sp³-hybridized carbons (Fsp3) is 0.238. The van der Waals surface area contributed by atoms with Gasteiger partial charge in [-0.25, -0.2) is 18.8 Å². The molecule has 1 heterocycles. The van der Waals surface area contributed by atoms with Crippen molar-refractivity contribution in [3.63, 3.8) is 0 Å². The first-order valence-electron chi connectivity index (χ1n) is 9.19. The van der Waals surface area contributed by atoms with E-state index >= 15 is 0 Å². The summed E-state index contributed by atoms with van der Waals surface area (Å²) in [7, 11) is 0. The molecule has 0 atom stereocenters. The van der Waals surface area contributed by atoms with Gasteiger partial charge in [-0.1, -0.05) is 24.3 Å². The summed E-state index contributed by atoms with van der Waals surface area (Å²) in [5.41, 5.74) is 1.86. The zero-order chi connectivity index (χ0) is 19.8. The number of benzene rings is 2. The van der Waals surface area contributed by atoms with Crippen LogP contribution in [0.1, 0.15) is 18.1 Å². The summed E-state index contributed by atoms with van der Waals surface area (Å²) in [6, 6.07) is 11.7. The van der Waals surface area contributed by atoms with E-state index in [-0.39, 0.29) is 11.6 Å². The van der Waals surface area contributed by atoms with Crippen LogP contribution in [0, 0.1) is 11.6 Å². The van der Waals surface area contributed by atoms with Crippen molar-refractivity contribution in [2.45, 2.75) is 19.9 Å². The zero-order valence-corrected chi connectivity index (χ0v) is 15.7. The predicted molar refractivity (Wildman–Crippen MR) is 106 cm³/mol. The van der Waals surface area contributed by atoms with E-state index in [1.54, 1.807) is 41.5 Å². The van der Waals surface area contributed by atoms with Gasteiger partial charge in [-0.2, -0.15) is 0 Å². The maximum Gasteiger partial charge on any atom is 0.191 e. The maximum atomic E-state index is 14.4. The summed E-state index contributed by atoms with van der Waals surface area (Å²) in [5, 5.41) is 6.32. The number of guanidine groups is 1. The van der Waals surface area contributed by atoms with Gasteiger partial charge in [-0.15, -0.1) is 0 Å². The standard InChI is InChI=1S/C21H23F2N5/c1-2-25-21(26-10-9-17-5-3-4-6-18(17)22)27-14-16-7-8-20(19(23)13-16)28-12-11-24-15-28/h3-8,11-13,15H,2,9-10,14H2,1H3,(H2,25,26,27). The van der Waals surface area contributed by atoms with Gasteiger partial charge in [-0.3, -0.25) is 0 Å². The van der Waals surface area contributed by atoms with Gasteiger partial charge in [0.05, 0.1) is 18.6 Å². The molecule has 2 aromatic carbocycles. The molecular formula is C21H23F2N5. The Bertz CT molecular complexity index is 922. The number of imidazole rings is 1. The second-order valence-corrected chi connectivity index (χ2v) is 6.22. The molecule has 1 aromatic heterocycles. The van der Waals surface area contributed by atoms with Crippen LogP contribution in [0.4, 0.5) is 8.78 Å². The summed E-state index contributed by atoms with van der Waals surface area (Å²) in [4.78, 5) is 8.42. The van der Waals surface area contributed by atoms with Gasteiger partial charge < -0.3 is 15.2 Å². The highest BCUT2D eigenvalue weighted by Crippen LogP contribution is 2.15. The van der Waals surface area contributed by atoms with Crippen molar-refractivity contribution in [3.05, 3.63) is 83.9 Å². The van der Waals surface area contributed by atoms with Gasteiger partial charge in [0.2, 0.25) is 0 Å². The molecule has 28 heavy (non-hydrogen) atoms. The SMILES string of the molecule is CCNC(=NCc1ccc(-n2ccnc2)c(F)c1)NCCc1ccccc1F. The van der Waals surface area contributed by atoms with E-state index < -0.39 is 0 Å². The fourth-order valence-corrected chi connectivity index (χ4v) is 2.79. The molecule has 0 saturated heterocycles. The molecule has 7 heteroatoms. The van der Waals surface area contributed by atoms with Crippen LogP contribution in [0.15, 0.2) is 66.2 Å². The molecule has 3 rings (SSSR count). The van der Waals surface area contributed by atoms with Gasteiger partial charge in [0.25, 0.3) is 0 Å². The monoisotopic (exact) mass is 383 g/mol. The molecule has 0 bridgehead atoms. The average molecular weight is 383 g/mol. The summed E-state index contributed by atoms with van der Waals surface area (Å²) in [6.07, 6.45) is 5.40. The fourth-order valence-electron chi connectivity index (χ4n) is 2.79. The minimum Gasteiger partial charge on any atom is -0.357 e. The Morgan fingerprint density at radius 3 is 2.68 bits per heavy atom. The molecule has 0 aliphatic heterocycles. The van der Waals surface area contributed by atoms with Gasteiger partial charge in [0.15, 0.2) is 5.96 Å². The summed E-state index contributed by atoms with van der Waals surface area (Å²) in [6.45, 7) is 3.53. The van der Waals surface area contributed by atoms with Gasteiger partial charge in [0, 0.05) is 25.5 Å². The third-order valence-corrected chi connectivity index (χ3v) is 4.20. The molecule has 5 nitrogen and oxygen atoms in total. The Balaban J connectivity index is 1.61. The molecule has 0 aliphatic rings. The highest BCUT2D eigenvalue weighted by molar-refractivity contribution is 5.79. The lowest BCUT2D eigenvalue weighted by molar-refractivity contribution is 0.606. The van der Waals surface area contributed by atoms with Crippen LogP contribution >= 0.6 is 0 Å². The quantitative estimate of drug-likeness (QED) is 0.485. The Morgan fingerprint density at radius 1 is 1.11 bits per heavy atom.